The van der Waals surface area contributed by atoms with Gasteiger partial charge in [0.25, 0.3) is 0 Å². The molecule has 3 aliphatic heterocycles. The fourth-order valence-corrected chi connectivity index (χ4v) is 9.24. The fraction of sp³-hybridized carbons (Fsp3) is 0.975. The third-order valence-electron chi connectivity index (χ3n) is 12.6. The predicted molar refractivity (Wildman–Crippen MR) is 202 cm³/mol. The average Bonchev–Trinajstić information content (AvgIpc) is 3.08. The van der Waals surface area contributed by atoms with E-state index in [0.29, 0.717) is 6.42 Å². The van der Waals surface area contributed by atoms with Crippen molar-refractivity contribution in [1.29, 1.82) is 0 Å². The van der Waals surface area contributed by atoms with Crippen LogP contribution in [0, 0.1) is 23.7 Å². The topological polar surface area (TPSA) is 217 Å². The molecule has 324 valence electrons. The van der Waals surface area contributed by atoms with E-state index in [1.54, 1.807) is 76.3 Å². The van der Waals surface area contributed by atoms with Crippen molar-refractivity contribution in [3.63, 3.8) is 0 Å². The number of carbonyl (C=O) groups excluding carboxylic acids is 1. The summed E-state index contributed by atoms with van der Waals surface area (Å²) in [6, 6.07) is -0.489. The maximum absolute atomic E-state index is 14.2. The van der Waals surface area contributed by atoms with Gasteiger partial charge in [-0.15, -0.1) is 0 Å². The lowest BCUT2D eigenvalue weighted by Crippen LogP contribution is -2.62. The van der Waals surface area contributed by atoms with E-state index < -0.39 is 119 Å². The molecule has 0 spiro atoms. The Labute approximate surface area is 328 Å². The van der Waals surface area contributed by atoms with Crippen LogP contribution < -0.4 is 0 Å². The molecule has 0 saturated carbocycles. The van der Waals surface area contributed by atoms with E-state index in [1.807, 2.05) is 11.8 Å². The Morgan fingerprint density at radius 1 is 0.891 bits per heavy atom. The van der Waals surface area contributed by atoms with E-state index in [4.69, 9.17) is 28.4 Å². The van der Waals surface area contributed by atoms with Crippen LogP contribution >= 0.6 is 0 Å². The Balaban J connectivity index is 2.18. The SMILES string of the molecule is CC[C@H]1OC(=O)[C@H](C)[C@@H](O[C@H]2C[C@@](C)(OC)[C@@H](O)[C@H](C)O2)[C@H](C)[C@@H](O[C@@H]2O[C@H](C)C[C@H](N(C)CC(C)(C)O)[C@H]2O)[C@](C)(O)C[C@@H](C)[C@H](O)[C@H](C)[C@@H](O)[C@]1(C)O. The van der Waals surface area contributed by atoms with Crippen molar-refractivity contribution in [3.05, 3.63) is 0 Å². The molecule has 0 aliphatic carbocycles. The average molecular weight is 794 g/mol. The molecule has 0 unspecified atom stereocenters. The summed E-state index contributed by atoms with van der Waals surface area (Å²) in [6.45, 7) is 20.2. The summed E-state index contributed by atoms with van der Waals surface area (Å²) in [5.41, 5.74) is -5.86. The number of nitrogens with zero attached hydrogens (tertiary/aromatic N) is 1. The monoisotopic (exact) mass is 794 g/mol. The van der Waals surface area contributed by atoms with Crippen LogP contribution in [0.3, 0.4) is 0 Å². The van der Waals surface area contributed by atoms with Crippen molar-refractivity contribution in [3.8, 4) is 0 Å². The van der Waals surface area contributed by atoms with Crippen LogP contribution in [-0.4, -0.2) is 163 Å². The first-order chi connectivity index (χ1) is 25.1. The largest absolute Gasteiger partial charge is 0.459 e. The Bertz CT molecular complexity index is 1230. The molecule has 0 bridgehead atoms. The summed E-state index contributed by atoms with van der Waals surface area (Å²) < 4.78 is 37.4. The second-order valence-corrected chi connectivity index (χ2v) is 18.5. The van der Waals surface area contributed by atoms with Crippen LogP contribution in [0.5, 0.6) is 0 Å². The molecule has 55 heavy (non-hydrogen) atoms. The van der Waals surface area contributed by atoms with Crippen molar-refractivity contribution in [2.24, 2.45) is 23.7 Å². The van der Waals surface area contributed by atoms with Gasteiger partial charge in [-0.25, -0.2) is 0 Å². The van der Waals surface area contributed by atoms with E-state index in [9.17, 15) is 40.5 Å². The van der Waals surface area contributed by atoms with Crippen LogP contribution in [-0.2, 0) is 33.2 Å². The lowest BCUT2D eigenvalue weighted by Gasteiger charge is -2.49. The Morgan fingerprint density at radius 2 is 1.49 bits per heavy atom. The van der Waals surface area contributed by atoms with E-state index in [1.165, 1.54) is 14.0 Å². The zero-order valence-corrected chi connectivity index (χ0v) is 35.7. The third-order valence-corrected chi connectivity index (χ3v) is 12.6. The summed E-state index contributed by atoms with van der Waals surface area (Å²) >= 11 is 0. The van der Waals surface area contributed by atoms with Gasteiger partial charge in [-0.3, -0.25) is 9.69 Å². The molecule has 0 amide bonds. The lowest BCUT2D eigenvalue weighted by molar-refractivity contribution is -0.319. The van der Waals surface area contributed by atoms with Crippen molar-refractivity contribution in [1.82, 2.24) is 4.90 Å². The molecule has 19 atom stereocenters. The number of esters is 1. The number of cyclic esters (lactones) is 1. The van der Waals surface area contributed by atoms with Crippen LogP contribution in [0.25, 0.3) is 0 Å². The van der Waals surface area contributed by atoms with Gasteiger partial charge in [-0.05, 0) is 87.6 Å². The molecule has 3 heterocycles. The summed E-state index contributed by atoms with van der Waals surface area (Å²) in [7, 11) is 3.28. The molecular weight excluding hydrogens is 718 g/mol. The maximum Gasteiger partial charge on any atom is 0.311 e. The standard InChI is InChI=1S/C40H75NO14/c1-15-27-40(12,49)32(44)22(4)29(42)20(2)17-38(10,48)34(55-36-30(43)26(16-21(3)51-36)41(13)19-37(8,9)47)23(5)31(24(6)35(46)53-27)54-28-18-39(11,50-14)33(45)25(7)52-28/h20-34,36,42-45,47-49H,15-19H2,1-14H3/t20-,21-,22+,23+,24-,25+,26+,27-,28+,29+,30-,31+,32-,33+,34-,36+,38-,39-,40-/m1/s1. The van der Waals surface area contributed by atoms with Crippen molar-refractivity contribution < 1.29 is 69.0 Å². The first kappa shape index (κ1) is 48.3. The first-order valence-corrected chi connectivity index (χ1v) is 20.1. The number of ether oxygens (including phenoxy) is 6. The predicted octanol–water partition coefficient (Wildman–Crippen LogP) is 1.72. The van der Waals surface area contributed by atoms with Gasteiger partial charge in [0.05, 0.1) is 59.3 Å². The molecule has 3 fully saturated rings. The molecule has 3 saturated heterocycles. The number of likely N-dealkylation sites (N-methyl/N-ethyl adjacent to an activating group) is 1. The smallest absolute Gasteiger partial charge is 0.311 e. The summed E-state index contributed by atoms with van der Waals surface area (Å²) in [6.07, 6.45) is -11.2. The fourth-order valence-electron chi connectivity index (χ4n) is 9.24. The third kappa shape index (κ3) is 11.2. The number of methoxy groups -OCH3 is 1. The molecule has 0 aromatic heterocycles. The highest BCUT2D eigenvalue weighted by Gasteiger charge is 2.53. The molecule has 0 aromatic carbocycles. The quantitative estimate of drug-likeness (QED) is 0.166. The maximum atomic E-state index is 14.2. The summed E-state index contributed by atoms with van der Waals surface area (Å²) in [5, 5.41) is 80.5. The second-order valence-electron chi connectivity index (χ2n) is 18.5. The second kappa shape index (κ2) is 18.5. The summed E-state index contributed by atoms with van der Waals surface area (Å²) in [5.74, 6) is -4.28. The van der Waals surface area contributed by atoms with Gasteiger partial charge in [0, 0.05) is 38.0 Å². The zero-order chi connectivity index (χ0) is 42.2. The van der Waals surface area contributed by atoms with E-state index >= 15 is 0 Å². The summed E-state index contributed by atoms with van der Waals surface area (Å²) in [4.78, 5) is 16.0. The van der Waals surface area contributed by atoms with Gasteiger partial charge in [-0.2, -0.15) is 0 Å². The van der Waals surface area contributed by atoms with E-state index in [-0.39, 0.29) is 31.9 Å². The highest BCUT2D eigenvalue weighted by Crippen LogP contribution is 2.41. The van der Waals surface area contributed by atoms with Crippen molar-refractivity contribution >= 4 is 5.97 Å². The van der Waals surface area contributed by atoms with Gasteiger partial charge in [0.15, 0.2) is 12.6 Å². The number of aliphatic hydroxyl groups is 7. The number of aliphatic hydroxyl groups excluding tert-OH is 4. The van der Waals surface area contributed by atoms with Crippen LogP contribution in [0.1, 0.15) is 109 Å². The minimum absolute atomic E-state index is 0.0730. The van der Waals surface area contributed by atoms with Gasteiger partial charge in [-0.1, -0.05) is 27.7 Å². The first-order valence-electron chi connectivity index (χ1n) is 20.1. The highest BCUT2D eigenvalue weighted by molar-refractivity contribution is 5.73. The normalized spacial score (nSPS) is 48.7. The highest BCUT2D eigenvalue weighted by atomic mass is 16.7. The van der Waals surface area contributed by atoms with Crippen molar-refractivity contribution in [2.45, 2.75) is 205 Å². The number of rotatable bonds is 9. The Hall–Kier alpha value is -1.05. The van der Waals surface area contributed by atoms with Gasteiger partial charge < -0.3 is 64.2 Å². The van der Waals surface area contributed by atoms with E-state index in [2.05, 4.69) is 0 Å². The number of hydrogen-bond donors (Lipinski definition) is 7. The van der Waals surface area contributed by atoms with Gasteiger partial charge >= 0.3 is 5.97 Å². The molecule has 3 aliphatic rings. The molecule has 0 aromatic rings. The Morgan fingerprint density at radius 3 is 2.04 bits per heavy atom. The minimum Gasteiger partial charge on any atom is -0.459 e. The molecule has 0 radical (unpaired) electrons. The molecule has 15 heteroatoms. The van der Waals surface area contributed by atoms with Crippen LogP contribution in [0.4, 0.5) is 0 Å². The molecule has 3 rings (SSSR count). The van der Waals surface area contributed by atoms with E-state index in [0.717, 1.165) is 0 Å². The minimum atomic E-state index is -1.96. The zero-order valence-electron chi connectivity index (χ0n) is 35.7. The molecular formula is C40H75NO14. The van der Waals surface area contributed by atoms with Crippen molar-refractivity contribution in [2.75, 3.05) is 20.7 Å². The van der Waals surface area contributed by atoms with Gasteiger partial charge in [0.2, 0.25) is 0 Å². The molecule has 15 nitrogen and oxygen atoms in total. The Kier molecular flexibility index (Phi) is 16.2. The van der Waals surface area contributed by atoms with Gasteiger partial charge in [0.1, 0.15) is 23.9 Å². The molecule has 7 N–H and O–H groups in total. The number of carbonyl (C=O) groups is 1. The van der Waals surface area contributed by atoms with Crippen LogP contribution in [0.2, 0.25) is 0 Å². The lowest BCUT2D eigenvalue weighted by atomic mass is 9.73. The number of hydrogen-bond acceptors (Lipinski definition) is 15. The van der Waals surface area contributed by atoms with Crippen LogP contribution in [0.15, 0.2) is 0 Å².